The highest BCUT2D eigenvalue weighted by molar-refractivity contribution is 7.19. The summed E-state index contributed by atoms with van der Waals surface area (Å²) in [4.78, 5) is 33.6. The molecule has 2 fully saturated rings. The Kier molecular flexibility index (Phi) is 6.76. The zero-order valence-electron chi connectivity index (χ0n) is 19.0. The number of likely N-dealkylation sites (tertiary alicyclic amines) is 2. The maximum atomic E-state index is 12.1. The summed E-state index contributed by atoms with van der Waals surface area (Å²) >= 11 is 8.13. The van der Waals surface area contributed by atoms with E-state index in [4.69, 9.17) is 22.1 Å². The lowest BCUT2D eigenvalue weighted by atomic mass is 9.90. The molecule has 6 rings (SSSR count). The Morgan fingerprint density at radius 2 is 1.94 bits per heavy atom. The van der Waals surface area contributed by atoms with Gasteiger partial charge in [-0.1, -0.05) is 11.6 Å². The van der Waals surface area contributed by atoms with Gasteiger partial charge in [-0.05, 0) is 36.2 Å². The molecular weight excluding hydrogens is 507 g/mol. The Balaban J connectivity index is 0.00000253. The molecule has 2 amide bonds. The van der Waals surface area contributed by atoms with Crippen LogP contribution in [0.15, 0.2) is 30.5 Å². The second-order valence-electron chi connectivity index (χ2n) is 9.22. The van der Waals surface area contributed by atoms with E-state index in [1.807, 2.05) is 24.3 Å². The molecule has 10 heteroatoms. The average molecular weight is 533 g/mol. The van der Waals surface area contributed by atoms with Gasteiger partial charge in [-0.15, -0.1) is 23.7 Å². The van der Waals surface area contributed by atoms with Crippen LogP contribution in [-0.4, -0.2) is 52.3 Å². The van der Waals surface area contributed by atoms with Crippen molar-refractivity contribution in [3.8, 4) is 16.9 Å². The molecule has 3 aromatic rings. The van der Waals surface area contributed by atoms with Gasteiger partial charge in [0.1, 0.15) is 5.75 Å². The molecule has 0 spiro atoms. The number of pyridine rings is 1. The zero-order valence-corrected chi connectivity index (χ0v) is 21.4. The lowest BCUT2D eigenvalue weighted by molar-refractivity contribution is -0.138. The summed E-state index contributed by atoms with van der Waals surface area (Å²) in [6.07, 6.45) is 4.29. The second kappa shape index (κ2) is 9.67. The molecule has 2 aromatic heterocycles. The third-order valence-electron chi connectivity index (χ3n) is 7.01. The fourth-order valence-corrected chi connectivity index (χ4v) is 6.74. The molecule has 0 radical (unpaired) electrons. The number of halogens is 2. The van der Waals surface area contributed by atoms with Crippen molar-refractivity contribution < 1.29 is 14.3 Å². The van der Waals surface area contributed by atoms with Crippen LogP contribution in [0.1, 0.15) is 42.2 Å². The highest BCUT2D eigenvalue weighted by Gasteiger charge is 2.34. The molecule has 0 saturated carbocycles. The predicted octanol–water partition coefficient (Wildman–Crippen LogP) is 4.54. The minimum absolute atomic E-state index is 0. The molecule has 3 aliphatic rings. The van der Waals surface area contributed by atoms with Crippen LogP contribution < -0.4 is 10.5 Å². The first-order chi connectivity index (χ1) is 16.5. The first-order valence-electron chi connectivity index (χ1n) is 11.6. The van der Waals surface area contributed by atoms with Gasteiger partial charge in [-0.2, -0.15) is 0 Å². The number of carbonyl (C=O) groups excluding carboxylic acids is 2. The van der Waals surface area contributed by atoms with E-state index in [2.05, 4.69) is 9.88 Å². The van der Waals surface area contributed by atoms with Crippen LogP contribution in [0.2, 0.25) is 5.02 Å². The lowest BCUT2D eigenvalue weighted by Gasteiger charge is -2.35. The van der Waals surface area contributed by atoms with Gasteiger partial charge in [0.2, 0.25) is 11.8 Å². The summed E-state index contributed by atoms with van der Waals surface area (Å²) in [6, 6.07) is 8.33. The van der Waals surface area contributed by atoms with E-state index in [-0.39, 0.29) is 36.3 Å². The number of aromatic nitrogens is 1. The molecule has 2 N–H and O–H groups in total. The van der Waals surface area contributed by atoms with E-state index in [0.29, 0.717) is 31.0 Å². The van der Waals surface area contributed by atoms with Gasteiger partial charge in [0, 0.05) is 71.7 Å². The highest BCUT2D eigenvalue weighted by Crippen LogP contribution is 2.47. The van der Waals surface area contributed by atoms with Crippen molar-refractivity contribution in [2.45, 2.75) is 44.3 Å². The smallest absolute Gasteiger partial charge is 0.230 e. The summed E-state index contributed by atoms with van der Waals surface area (Å²) in [6.45, 7) is 2.79. The molecule has 35 heavy (non-hydrogen) atoms. The number of imide groups is 1. The third kappa shape index (κ3) is 4.42. The number of carbonyl (C=O) groups is 2. The Bertz CT molecular complexity index is 1300. The van der Waals surface area contributed by atoms with Crippen LogP contribution in [0.3, 0.4) is 0 Å². The van der Waals surface area contributed by atoms with Crippen molar-refractivity contribution in [3.05, 3.63) is 45.9 Å². The highest BCUT2D eigenvalue weighted by atomic mass is 35.5. The lowest BCUT2D eigenvalue weighted by Crippen LogP contribution is -2.33. The summed E-state index contributed by atoms with van der Waals surface area (Å²) in [7, 11) is 0. The molecule has 5 heterocycles. The molecule has 0 unspecified atom stereocenters. The normalized spacial score (nSPS) is 22.4. The van der Waals surface area contributed by atoms with Crippen LogP contribution in [0, 0.1) is 0 Å². The molecule has 7 nitrogen and oxygen atoms in total. The summed E-state index contributed by atoms with van der Waals surface area (Å²) < 4.78 is 7.09. The minimum Gasteiger partial charge on any atom is -0.493 e. The quantitative estimate of drug-likeness (QED) is 0.496. The maximum absolute atomic E-state index is 12.1. The number of nitrogens with zero attached hydrogens (tertiary/aromatic N) is 3. The van der Waals surface area contributed by atoms with Gasteiger partial charge in [0.15, 0.2) is 0 Å². The maximum Gasteiger partial charge on any atom is 0.230 e. The Hall–Kier alpha value is -2.23. The molecule has 1 aromatic carbocycles. The fourth-order valence-electron chi connectivity index (χ4n) is 5.40. The number of hydrogen-bond acceptors (Lipinski definition) is 7. The average Bonchev–Trinajstić information content (AvgIpc) is 3.52. The number of hydrogen-bond donors (Lipinski definition) is 1. The van der Waals surface area contributed by atoms with Gasteiger partial charge in [-0.3, -0.25) is 24.4 Å². The Labute approximate surface area is 218 Å². The number of benzene rings is 1. The van der Waals surface area contributed by atoms with Crippen LogP contribution in [0.4, 0.5) is 0 Å². The molecule has 0 bridgehead atoms. The van der Waals surface area contributed by atoms with E-state index in [1.54, 1.807) is 17.5 Å². The zero-order chi connectivity index (χ0) is 23.4. The Morgan fingerprint density at radius 3 is 2.69 bits per heavy atom. The predicted molar refractivity (Wildman–Crippen MR) is 139 cm³/mol. The number of rotatable bonds is 4. The van der Waals surface area contributed by atoms with E-state index in [9.17, 15) is 9.59 Å². The number of nitrogens with two attached hydrogens (primary N) is 1. The molecule has 2 atom stereocenters. The van der Waals surface area contributed by atoms with Crippen molar-refractivity contribution >= 4 is 57.4 Å². The van der Waals surface area contributed by atoms with Crippen molar-refractivity contribution in [1.82, 2.24) is 14.8 Å². The number of fused-ring (bicyclic) bond motifs is 2. The van der Waals surface area contributed by atoms with E-state index < -0.39 is 0 Å². The monoisotopic (exact) mass is 532 g/mol. The molecule has 184 valence electrons. The van der Waals surface area contributed by atoms with Gasteiger partial charge in [0.25, 0.3) is 0 Å². The van der Waals surface area contributed by atoms with Crippen LogP contribution in [0.25, 0.3) is 21.3 Å². The first kappa shape index (κ1) is 24.5. The SMILES string of the molecule is Cl.N[C@@H]1CCN([C@@H]2CCOc3cc(Cl)cc(-c4ccnc5cc(CN6C(=O)CCC6=O)sc45)c32)C1. The van der Waals surface area contributed by atoms with Crippen molar-refractivity contribution in [1.29, 1.82) is 0 Å². The van der Waals surface area contributed by atoms with Crippen molar-refractivity contribution in [2.75, 3.05) is 19.7 Å². The number of ether oxygens (including phenoxy) is 1. The summed E-state index contributed by atoms with van der Waals surface area (Å²) in [5, 5.41) is 0.627. The Morgan fingerprint density at radius 1 is 1.14 bits per heavy atom. The first-order valence-corrected chi connectivity index (χ1v) is 12.8. The molecule has 0 aliphatic carbocycles. The van der Waals surface area contributed by atoms with Gasteiger partial charge < -0.3 is 10.5 Å². The summed E-state index contributed by atoms with van der Waals surface area (Å²) in [5.41, 5.74) is 10.3. The molecule has 3 aliphatic heterocycles. The van der Waals surface area contributed by atoms with E-state index in [0.717, 1.165) is 63.5 Å². The molecular formula is C25H26Cl2N4O3S. The molecule has 2 saturated heterocycles. The van der Waals surface area contributed by atoms with Crippen molar-refractivity contribution in [2.24, 2.45) is 5.73 Å². The summed E-state index contributed by atoms with van der Waals surface area (Å²) in [5.74, 6) is 0.612. The van der Waals surface area contributed by atoms with E-state index in [1.165, 1.54) is 4.90 Å². The fraction of sp³-hybridized carbons (Fsp3) is 0.400. The second-order valence-corrected chi connectivity index (χ2v) is 10.8. The van der Waals surface area contributed by atoms with E-state index >= 15 is 0 Å². The van der Waals surface area contributed by atoms with Gasteiger partial charge in [-0.25, -0.2) is 0 Å². The largest absolute Gasteiger partial charge is 0.493 e. The number of thiophene rings is 1. The topological polar surface area (TPSA) is 88.8 Å². The number of amides is 2. The van der Waals surface area contributed by atoms with Gasteiger partial charge in [0.05, 0.1) is 23.4 Å². The standard InChI is InChI=1S/C25H25ClN4O3S.ClH/c26-14-9-18(24-20(5-8-33-21(24)10-14)29-7-4-15(27)12-29)17-3-6-28-19-11-16(34-25(17)19)13-30-22(31)1-2-23(30)32;/h3,6,9-11,15,20H,1-2,4-5,7-8,12-13,27H2;1H/t15-,20-;/m1./s1. The third-order valence-corrected chi connectivity index (χ3v) is 8.37. The van der Waals surface area contributed by atoms with Gasteiger partial charge >= 0.3 is 0 Å². The van der Waals surface area contributed by atoms with Crippen LogP contribution in [0.5, 0.6) is 5.75 Å². The van der Waals surface area contributed by atoms with Crippen LogP contribution in [-0.2, 0) is 16.1 Å². The van der Waals surface area contributed by atoms with Crippen LogP contribution >= 0.6 is 35.3 Å². The minimum atomic E-state index is -0.108. The van der Waals surface area contributed by atoms with Crippen molar-refractivity contribution in [3.63, 3.8) is 0 Å².